The van der Waals surface area contributed by atoms with E-state index in [9.17, 15) is 10.2 Å². The van der Waals surface area contributed by atoms with E-state index in [1.54, 1.807) is 0 Å². The third kappa shape index (κ3) is 7.35. The van der Waals surface area contributed by atoms with Gasteiger partial charge in [-0.1, -0.05) is 0 Å². The van der Waals surface area contributed by atoms with E-state index in [0.717, 1.165) is 39.0 Å². The second kappa shape index (κ2) is 9.15. The normalized spacial score (nSPS) is 32.7. The molecule has 0 spiro atoms. The van der Waals surface area contributed by atoms with Gasteiger partial charge in [0.25, 0.3) is 0 Å². The Morgan fingerprint density at radius 2 is 1.23 bits per heavy atom. The van der Waals surface area contributed by atoms with Crippen molar-refractivity contribution in [1.82, 2.24) is 9.80 Å². The van der Waals surface area contributed by atoms with E-state index >= 15 is 0 Å². The summed E-state index contributed by atoms with van der Waals surface area (Å²) in [4.78, 5) is 4.46. The van der Waals surface area contributed by atoms with Gasteiger partial charge in [-0.3, -0.25) is 9.80 Å². The van der Waals surface area contributed by atoms with Gasteiger partial charge in [0.15, 0.2) is 0 Å². The lowest BCUT2D eigenvalue weighted by Crippen LogP contribution is -2.26. The lowest BCUT2D eigenvalue weighted by atomic mass is 10.3. The predicted molar refractivity (Wildman–Crippen MR) is 85.0 cm³/mol. The minimum absolute atomic E-state index is 0.379. The lowest BCUT2D eigenvalue weighted by Gasteiger charge is -2.13. The highest BCUT2D eigenvalue weighted by atomic mass is 16.5. The highest BCUT2D eigenvalue weighted by Crippen LogP contribution is 2.16. The molecule has 0 aromatic carbocycles. The Kier molecular flexibility index (Phi) is 7.53. The third-order valence-corrected chi connectivity index (χ3v) is 4.32. The second-order valence-corrected chi connectivity index (χ2v) is 6.77. The van der Waals surface area contributed by atoms with Crippen LogP contribution in [0.15, 0.2) is 0 Å². The summed E-state index contributed by atoms with van der Waals surface area (Å²) in [5, 5.41) is 19.5. The molecule has 6 unspecified atom stereocenters. The van der Waals surface area contributed by atoms with Crippen LogP contribution in [-0.2, 0) is 9.47 Å². The molecule has 2 fully saturated rings. The van der Waals surface area contributed by atoms with Crippen molar-refractivity contribution in [2.24, 2.45) is 0 Å². The number of hydrogen-bond donors (Lipinski definition) is 2. The van der Waals surface area contributed by atoms with Crippen molar-refractivity contribution in [3.05, 3.63) is 0 Å². The summed E-state index contributed by atoms with van der Waals surface area (Å²) in [6.07, 6.45) is 1.09. The predicted octanol–water partition coefficient (Wildman–Crippen LogP) is -0.0702. The first kappa shape index (κ1) is 18.1. The zero-order valence-corrected chi connectivity index (χ0v) is 14.0. The van der Waals surface area contributed by atoms with Crippen LogP contribution in [0.25, 0.3) is 0 Å². The van der Waals surface area contributed by atoms with Gasteiger partial charge in [0.2, 0.25) is 0 Å². The molecule has 0 aromatic heterocycles. The molecule has 6 heteroatoms. The lowest BCUT2D eigenvalue weighted by molar-refractivity contribution is 0.0150. The van der Waals surface area contributed by atoms with Crippen molar-refractivity contribution in [3.8, 4) is 0 Å². The maximum atomic E-state index is 9.75. The van der Waals surface area contributed by atoms with Crippen LogP contribution >= 0.6 is 0 Å². The Hall–Kier alpha value is -0.240. The molecule has 2 rings (SSSR count). The summed E-state index contributed by atoms with van der Waals surface area (Å²) in [5.74, 6) is 0. The molecule has 2 N–H and O–H groups in total. The molecule has 2 heterocycles. The number of aliphatic hydroxyl groups excluding tert-OH is 2. The summed E-state index contributed by atoms with van der Waals surface area (Å²) in [6, 6.07) is 1.25. The van der Waals surface area contributed by atoms with E-state index in [4.69, 9.17) is 9.47 Å². The topological polar surface area (TPSA) is 64.9 Å². The van der Waals surface area contributed by atoms with E-state index in [-0.39, 0.29) is 12.2 Å². The van der Waals surface area contributed by atoms with E-state index in [2.05, 4.69) is 23.6 Å². The number of ether oxygens (including phenoxy) is 2. The molecular formula is C16H32N2O4. The van der Waals surface area contributed by atoms with E-state index in [1.165, 1.54) is 0 Å². The van der Waals surface area contributed by atoms with Crippen LogP contribution in [0.5, 0.6) is 0 Å². The minimum atomic E-state index is -0.379. The van der Waals surface area contributed by atoms with E-state index < -0.39 is 0 Å². The first-order valence-corrected chi connectivity index (χ1v) is 8.56. The maximum Gasteiger partial charge on any atom is 0.0900 e. The molecule has 22 heavy (non-hydrogen) atoms. The average molecular weight is 316 g/mol. The highest BCUT2D eigenvalue weighted by molar-refractivity contribution is 4.86. The highest BCUT2D eigenvalue weighted by Gasteiger charge is 2.31. The van der Waals surface area contributed by atoms with Crippen LogP contribution in [-0.4, -0.2) is 96.9 Å². The molecule has 0 aromatic rings. The zero-order chi connectivity index (χ0) is 15.9. The van der Waals surface area contributed by atoms with E-state index in [0.29, 0.717) is 38.5 Å². The Morgan fingerprint density at radius 1 is 0.864 bits per heavy atom. The van der Waals surface area contributed by atoms with Crippen molar-refractivity contribution in [2.45, 2.75) is 51.0 Å². The molecule has 0 amide bonds. The van der Waals surface area contributed by atoms with Gasteiger partial charge in [0.1, 0.15) is 0 Å². The molecule has 2 aliphatic rings. The van der Waals surface area contributed by atoms with E-state index in [1.807, 2.05) is 0 Å². The van der Waals surface area contributed by atoms with Crippen molar-refractivity contribution >= 4 is 0 Å². The third-order valence-electron chi connectivity index (χ3n) is 4.32. The fourth-order valence-electron chi connectivity index (χ4n) is 2.59. The van der Waals surface area contributed by atoms with Crippen LogP contribution in [0, 0.1) is 0 Å². The molecule has 0 radical (unpaired) electrons. The molecular weight excluding hydrogens is 284 g/mol. The summed E-state index contributed by atoms with van der Waals surface area (Å²) >= 11 is 0. The number of nitrogens with zero attached hydrogens (tertiary/aromatic N) is 2. The Bertz CT molecular complexity index is 289. The number of aliphatic hydroxyl groups is 2. The number of unbranched alkanes of at least 4 members (excludes halogenated alkanes) is 1. The van der Waals surface area contributed by atoms with Crippen LogP contribution < -0.4 is 0 Å². The summed E-state index contributed by atoms with van der Waals surface area (Å²) in [6.45, 7) is 10.1. The van der Waals surface area contributed by atoms with Gasteiger partial charge >= 0.3 is 0 Å². The molecule has 0 aliphatic carbocycles. The summed E-state index contributed by atoms with van der Waals surface area (Å²) in [5.41, 5.74) is 0. The molecule has 6 nitrogen and oxygen atoms in total. The van der Waals surface area contributed by atoms with Crippen LogP contribution in [0.2, 0.25) is 0 Å². The first-order chi connectivity index (χ1) is 10.6. The first-order valence-electron chi connectivity index (χ1n) is 8.56. The fourth-order valence-corrected chi connectivity index (χ4v) is 2.59. The quantitative estimate of drug-likeness (QED) is 0.366. The average Bonchev–Trinajstić information content (AvgIpc) is 3.34. The number of hydrogen-bond acceptors (Lipinski definition) is 6. The second-order valence-electron chi connectivity index (χ2n) is 6.77. The largest absolute Gasteiger partial charge is 0.389 e. The molecule has 0 saturated carbocycles. The van der Waals surface area contributed by atoms with Crippen molar-refractivity contribution in [1.29, 1.82) is 0 Å². The monoisotopic (exact) mass is 316 g/mol. The maximum absolute atomic E-state index is 9.75. The Morgan fingerprint density at radius 3 is 1.55 bits per heavy atom. The summed E-state index contributed by atoms with van der Waals surface area (Å²) < 4.78 is 10.9. The molecule has 6 atom stereocenters. The van der Waals surface area contributed by atoms with Crippen molar-refractivity contribution in [2.75, 3.05) is 52.6 Å². The van der Waals surface area contributed by atoms with Gasteiger partial charge in [0.05, 0.1) is 25.4 Å². The van der Waals surface area contributed by atoms with Gasteiger partial charge in [-0.25, -0.2) is 0 Å². The molecule has 0 bridgehead atoms. The van der Waals surface area contributed by atoms with Gasteiger partial charge in [-0.05, 0) is 26.7 Å². The van der Waals surface area contributed by atoms with Crippen molar-refractivity contribution < 1.29 is 19.7 Å². The smallest absolute Gasteiger partial charge is 0.0900 e. The minimum Gasteiger partial charge on any atom is -0.389 e. The van der Waals surface area contributed by atoms with Gasteiger partial charge in [0, 0.05) is 51.5 Å². The molecule has 2 saturated heterocycles. The molecule has 2 aliphatic heterocycles. The fraction of sp³-hybridized carbons (Fsp3) is 1.00. The standard InChI is InChI=1S/C16H32N2O4/c1-13-7-17(13)9-15(19)11-21-5-3-4-6-22-12-16(20)10-18-8-14(18)2/h13-16,19-20H,3-12H2,1-2H3. The van der Waals surface area contributed by atoms with Gasteiger partial charge in [-0.2, -0.15) is 0 Å². The summed E-state index contributed by atoms with van der Waals surface area (Å²) in [7, 11) is 0. The van der Waals surface area contributed by atoms with Crippen LogP contribution in [0.1, 0.15) is 26.7 Å². The Labute approximate surface area is 134 Å². The zero-order valence-electron chi connectivity index (χ0n) is 14.0. The molecule has 130 valence electrons. The van der Waals surface area contributed by atoms with Gasteiger partial charge in [-0.15, -0.1) is 0 Å². The number of rotatable bonds is 13. The van der Waals surface area contributed by atoms with Crippen LogP contribution in [0.4, 0.5) is 0 Å². The van der Waals surface area contributed by atoms with Gasteiger partial charge < -0.3 is 19.7 Å². The SMILES string of the molecule is CC1CN1CC(O)COCCCCOCC(O)CN1CC1C. The van der Waals surface area contributed by atoms with Crippen molar-refractivity contribution in [3.63, 3.8) is 0 Å². The number of β-amino-alcohol motifs (C(OH)–C–C–N with tert-alkyl or cyclic N) is 2. The van der Waals surface area contributed by atoms with Crippen LogP contribution in [0.3, 0.4) is 0 Å². The Balaban J connectivity index is 1.31.